The summed E-state index contributed by atoms with van der Waals surface area (Å²) >= 11 is 0. The maximum atomic E-state index is 13.1. The molecule has 0 unspecified atom stereocenters. The van der Waals surface area contributed by atoms with Gasteiger partial charge in [0.1, 0.15) is 10.6 Å². The molecule has 3 heterocycles. The van der Waals surface area contributed by atoms with E-state index in [2.05, 4.69) is 47.1 Å². The van der Waals surface area contributed by atoms with Gasteiger partial charge in [0.05, 0.1) is 0 Å². The van der Waals surface area contributed by atoms with Gasteiger partial charge in [-0.1, -0.05) is 31.2 Å². The highest BCUT2D eigenvalue weighted by molar-refractivity contribution is 7.89. The maximum absolute atomic E-state index is 13.1. The van der Waals surface area contributed by atoms with Crippen molar-refractivity contribution < 1.29 is 13.2 Å². The lowest BCUT2D eigenvalue weighted by atomic mass is 9.97. The highest BCUT2D eigenvalue weighted by Crippen LogP contribution is 2.31. The van der Waals surface area contributed by atoms with Gasteiger partial charge in [0.2, 0.25) is 10.0 Å². The fraction of sp³-hybridized carbons (Fsp3) is 0.375. The standard InChI is InChI=1S/C24H30N4O3S/c1-5-17-7-6-8-20-21(14-25-23(17)20)18-9-11-28(12-10-18)24(29)22-13-19(15-27(22)4)32(30,31)26-16(2)3/h6-9,13-16,25-26H,5,10-12H2,1-4H3. The number of carbonyl (C=O) groups is 1. The van der Waals surface area contributed by atoms with Crippen LogP contribution in [-0.4, -0.2) is 47.9 Å². The molecule has 170 valence electrons. The molecule has 1 amide bonds. The van der Waals surface area contributed by atoms with Gasteiger partial charge >= 0.3 is 0 Å². The number of benzene rings is 1. The van der Waals surface area contributed by atoms with Crippen LogP contribution >= 0.6 is 0 Å². The van der Waals surface area contributed by atoms with E-state index in [1.165, 1.54) is 39.9 Å². The van der Waals surface area contributed by atoms with Crippen molar-refractivity contribution in [1.82, 2.24) is 19.2 Å². The Hall–Kier alpha value is -2.84. The number of sulfonamides is 1. The molecule has 0 saturated heterocycles. The van der Waals surface area contributed by atoms with Gasteiger partial charge in [-0.25, -0.2) is 13.1 Å². The van der Waals surface area contributed by atoms with E-state index in [9.17, 15) is 13.2 Å². The molecule has 1 aromatic carbocycles. The van der Waals surface area contributed by atoms with Crippen LogP contribution in [0.3, 0.4) is 0 Å². The third kappa shape index (κ3) is 4.12. The van der Waals surface area contributed by atoms with E-state index in [1.54, 1.807) is 30.4 Å². The number of amides is 1. The van der Waals surface area contributed by atoms with Crippen molar-refractivity contribution in [2.75, 3.05) is 13.1 Å². The number of H-pyrrole nitrogens is 1. The zero-order valence-corrected chi connectivity index (χ0v) is 19.8. The molecule has 4 rings (SSSR count). The fourth-order valence-corrected chi connectivity index (χ4v) is 5.63. The summed E-state index contributed by atoms with van der Waals surface area (Å²) in [5, 5.41) is 1.21. The first-order chi connectivity index (χ1) is 15.2. The van der Waals surface area contributed by atoms with E-state index in [0.29, 0.717) is 18.8 Å². The lowest BCUT2D eigenvalue weighted by Crippen LogP contribution is -2.35. The minimum atomic E-state index is -3.65. The third-order valence-corrected chi connectivity index (χ3v) is 7.55. The van der Waals surface area contributed by atoms with Crippen molar-refractivity contribution in [2.24, 2.45) is 7.05 Å². The van der Waals surface area contributed by atoms with Crippen LogP contribution in [-0.2, 0) is 23.5 Å². The molecule has 1 aliphatic heterocycles. The smallest absolute Gasteiger partial charge is 0.270 e. The summed E-state index contributed by atoms with van der Waals surface area (Å²) in [6.07, 6.45) is 7.37. The summed E-state index contributed by atoms with van der Waals surface area (Å²) in [4.78, 5) is 18.4. The number of hydrogen-bond acceptors (Lipinski definition) is 3. The van der Waals surface area contributed by atoms with E-state index in [-0.39, 0.29) is 16.8 Å². The first-order valence-corrected chi connectivity index (χ1v) is 12.5. The molecule has 0 bridgehead atoms. The number of rotatable bonds is 6. The second kappa shape index (κ2) is 8.60. The molecule has 1 aliphatic rings. The Kier molecular flexibility index (Phi) is 6.01. The molecule has 0 aliphatic carbocycles. The average molecular weight is 455 g/mol. The molecular weight excluding hydrogens is 424 g/mol. The lowest BCUT2D eigenvalue weighted by molar-refractivity contribution is 0.0763. The number of hydrogen-bond donors (Lipinski definition) is 2. The molecule has 2 N–H and O–H groups in total. The zero-order chi connectivity index (χ0) is 23.0. The lowest BCUT2D eigenvalue weighted by Gasteiger charge is -2.26. The normalized spacial score (nSPS) is 14.9. The summed E-state index contributed by atoms with van der Waals surface area (Å²) in [5.74, 6) is -0.166. The Bertz CT molecular complexity index is 1300. The van der Waals surface area contributed by atoms with Crippen LogP contribution in [0.1, 0.15) is 48.8 Å². The van der Waals surface area contributed by atoms with Gasteiger partial charge in [-0.2, -0.15) is 0 Å². The van der Waals surface area contributed by atoms with Crippen LogP contribution in [0.15, 0.2) is 47.6 Å². The zero-order valence-electron chi connectivity index (χ0n) is 19.0. The number of aromatic amines is 1. The second-order valence-corrected chi connectivity index (χ2v) is 10.3. The van der Waals surface area contributed by atoms with Gasteiger partial charge < -0.3 is 14.5 Å². The van der Waals surface area contributed by atoms with Gasteiger partial charge in [0, 0.05) is 55.0 Å². The Balaban J connectivity index is 1.54. The van der Waals surface area contributed by atoms with Crippen LogP contribution in [0.2, 0.25) is 0 Å². The van der Waals surface area contributed by atoms with Gasteiger partial charge in [0.15, 0.2) is 0 Å². The van der Waals surface area contributed by atoms with Crippen LogP contribution in [0.25, 0.3) is 16.5 Å². The van der Waals surface area contributed by atoms with Crippen molar-refractivity contribution >= 4 is 32.4 Å². The van der Waals surface area contributed by atoms with Gasteiger partial charge in [-0.3, -0.25) is 4.79 Å². The summed E-state index contributed by atoms with van der Waals surface area (Å²) < 4.78 is 29.1. The first-order valence-electron chi connectivity index (χ1n) is 11.0. The van der Waals surface area contributed by atoms with E-state index < -0.39 is 10.0 Å². The highest BCUT2D eigenvalue weighted by atomic mass is 32.2. The number of para-hydroxylation sites is 1. The van der Waals surface area contributed by atoms with E-state index in [1.807, 2.05) is 0 Å². The molecule has 2 aromatic heterocycles. The Labute approximate surface area is 189 Å². The average Bonchev–Trinajstić information content (AvgIpc) is 3.36. The molecule has 7 nitrogen and oxygen atoms in total. The second-order valence-electron chi connectivity index (χ2n) is 8.57. The van der Waals surface area contributed by atoms with E-state index in [4.69, 9.17) is 0 Å². The molecule has 0 saturated carbocycles. The molecule has 0 atom stereocenters. The number of aryl methyl sites for hydroxylation is 2. The van der Waals surface area contributed by atoms with Crippen LogP contribution in [0.4, 0.5) is 0 Å². The molecule has 8 heteroatoms. The Morgan fingerprint density at radius 3 is 2.72 bits per heavy atom. The summed E-state index contributed by atoms with van der Waals surface area (Å²) in [5.41, 5.74) is 5.25. The largest absolute Gasteiger partial charge is 0.360 e. The van der Waals surface area contributed by atoms with E-state index >= 15 is 0 Å². The predicted molar refractivity (Wildman–Crippen MR) is 127 cm³/mol. The van der Waals surface area contributed by atoms with Gasteiger partial charge in [-0.05, 0) is 43.9 Å². The SMILES string of the molecule is CCc1cccc2c(C3=CCN(C(=O)c4cc(S(=O)(=O)NC(C)C)cn4C)CC3)c[nH]c12. The van der Waals surface area contributed by atoms with E-state index in [0.717, 1.165) is 12.8 Å². The molecule has 0 fully saturated rings. The number of aromatic nitrogens is 2. The predicted octanol–water partition coefficient (Wildman–Crippen LogP) is 3.69. The summed E-state index contributed by atoms with van der Waals surface area (Å²) in [6.45, 7) is 6.76. The number of carbonyl (C=O) groups excluding carboxylic acids is 1. The molecule has 32 heavy (non-hydrogen) atoms. The number of fused-ring (bicyclic) bond motifs is 1. The van der Waals surface area contributed by atoms with Crippen molar-refractivity contribution in [1.29, 1.82) is 0 Å². The van der Waals surface area contributed by atoms with Gasteiger partial charge in [0.25, 0.3) is 5.91 Å². The summed E-state index contributed by atoms with van der Waals surface area (Å²) in [7, 11) is -1.95. The summed E-state index contributed by atoms with van der Waals surface area (Å²) in [6, 6.07) is 7.60. The van der Waals surface area contributed by atoms with Crippen molar-refractivity contribution in [3.05, 3.63) is 59.6 Å². The molecule has 0 radical (unpaired) electrons. The fourth-order valence-electron chi connectivity index (χ4n) is 4.31. The Morgan fingerprint density at radius 1 is 1.28 bits per heavy atom. The molecule has 0 spiro atoms. The van der Waals surface area contributed by atoms with Crippen LogP contribution < -0.4 is 4.72 Å². The van der Waals surface area contributed by atoms with Crippen molar-refractivity contribution in [2.45, 2.75) is 44.6 Å². The Morgan fingerprint density at radius 2 is 2.06 bits per heavy atom. The maximum Gasteiger partial charge on any atom is 0.270 e. The number of nitrogens with zero attached hydrogens (tertiary/aromatic N) is 2. The molecule has 3 aromatic rings. The minimum Gasteiger partial charge on any atom is -0.360 e. The van der Waals surface area contributed by atoms with Crippen molar-refractivity contribution in [3.8, 4) is 0 Å². The van der Waals surface area contributed by atoms with Crippen LogP contribution in [0, 0.1) is 0 Å². The van der Waals surface area contributed by atoms with Gasteiger partial charge in [-0.15, -0.1) is 0 Å². The third-order valence-electron chi connectivity index (χ3n) is 5.93. The topological polar surface area (TPSA) is 87.2 Å². The first kappa shape index (κ1) is 22.4. The number of nitrogens with one attached hydrogen (secondary N) is 2. The molecular formula is C24H30N4O3S. The quantitative estimate of drug-likeness (QED) is 0.596. The van der Waals surface area contributed by atoms with Crippen LogP contribution in [0.5, 0.6) is 0 Å². The highest BCUT2D eigenvalue weighted by Gasteiger charge is 2.26. The van der Waals surface area contributed by atoms with Crippen molar-refractivity contribution in [3.63, 3.8) is 0 Å². The monoisotopic (exact) mass is 454 g/mol. The minimum absolute atomic E-state index is 0.107.